The van der Waals surface area contributed by atoms with Crippen LogP contribution in [0.5, 0.6) is 23.3 Å². The summed E-state index contributed by atoms with van der Waals surface area (Å²) >= 11 is 0. The molecule has 0 aliphatic rings. The van der Waals surface area contributed by atoms with Crippen LogP contribution in [0.1, 0.15) is 11.1 Å². The highest BCUT2D eigenvalue weighted by Crippen LogP contribution is 2.32. The van der Waals surface area contributed by atoms with Gasteiger partial charge < -0.3 is 19.1 Å². The van der Waals surface area contributed by atoms with Gasteiger partial charge in [0.05, 0.1) is 24.3 Å². The van der Waals surface area contributed by atoms with Crippen molar-refractivity contribution in [2.75, 3.05) is 21.2 Å². The van der Waals surface area contributed by atoms with Gasteiger partial charge in [-0.25, -0.2) is 14.8 Å². The van der Waals surface area contributed by atoms with Gasteiger partial charge in [-0.15, -0.1) is 0 Å². The Labute approximate surface area is 180 Å². The Morgan fingerprint density at radius 3 is 2.26 bits per heavy atom. The van der Waals surface area contributed by atoms with Crippen LogP contribution in [0, 0.1) is 11.3 Å². The summed E-state index contributed by atoms with van der Waals surface area (Å²) in [5.74, 6) is 0.702. The number of methoxy groups -OCH3 is 1. The second-order valence-corrected chi connectivity index (χ2v) is 6.50. The molecular weight excluding hydrogens is 396 g/mol. The van der Waals surface area contributed by atoms with Gasteiger partial charge in [-0.05, 0) is 18.2 Å². The molecule has 0 saturated heterocycles. The van der Waals surface area contributed by atoms with Gasteiger partial charge in [-0.3, -0.25) is 0 Å². The van der Waals surface area contributed by atoms with Crippen molar-refractivity contribution < 1.29 is 19.0 Å². The van der Waals surface area contributed by atoms with Crippen LogP contribution in [-0.2, 0) is 9.53 Å². The van der Waals surface area contributed by atoms with Crippen LogP contribution in [0.25, 0.3) is 5.57 Å². The number of para-hydroxylation sites is 2. The lowest BCUT2D eigenvalue weighted by atomic mass is 10.1. The van der Waals surface area contributed by atoms with E-state index in [0.717, 1.165) is 0 Å². The number of rotatable bonds is 7. The van der Waals surface area contributed by atoms with Gasteiger partial charge in [0, 0.05) is 25.9 Å². The summed E-state index contributed by atoms with van der Waals surface area (Å²) in [6, 6.07) is 17.4. The third-order valence-electron chi connectivity index (χ3n) is 4.02. The predicted molar refractivity (Wildman–Crippen MR) is 113 cm³/mol. The first-order valence-corrected chi connectivity index (χ1v) is 9.24. The molecule has 0 saturated carbocycles. The fraction of sp³-hybridized carbons (Fsp3) is 0.130. The second-order valence-electron chi connectivity index (χ2n) is 6.50. The summed E-state index contributed by atoms with van der Waals surface area (Å²) in [7, 11) is 4.93. The Morgan fingerprint density at radius 1 is 1.00 bits per heavy atom. The molecule has 156 valence electrons. The van der Waals surface area contributed by atoms with E-state index in [9.17, 15) is 10.1 Å². The van der Waals surface area contributed by atoms with Crippen LogP contribution in [0.2, 0.25) is 0 Å². The zero-order valence-electron chi connectivity index (χ0n) is 17.3. The maximum atomic E-state index is 12.3. The molecule has 0 unspecified atom stereocenters. The minimum absolute atomic E-state index is 0.209. The molecule has 0 spiro atoms. The van der Waals surface area contributed by atoms with E-state index in [4.69, 9.17) is 14.2 Å². The first-order chi connectivity index (χ1) is 15.0. The van der Waals surface area contributed by atoms with E-state index in [0.29, 0.717) is 28.2 Å². The second kappa shape index (κ2) is 9.89. The zero-order valence-corrected chi connectivity index (χ0v) is 17.3. The van der Waals surface area contributed by atoms with E-state index in [1.165, 1.54) is 19.5 Å². The number of esters is 1. The van der Waals surface area contributed by atoms with E-state index >= 15 is 0 Å². The number of benzene rings is 2. The van der Waals surface area contributed by atoms with Crippen LogP contribution in [-0.4, -0.2) is 42.0 Å². The highest BCUT2D eigenvalue weighted by Gasteiger charge is 2.18. The average molecular weight is 416 g/mol. The Balaban J connectivity index is 1.92. The number of carbonyl (C=O) groups excluding carboxylic acids is 1. The number of hydrogen-bond donors (Lipinski definition) is 0. The fourth-order valence-corrected chi connectivity index (χ4v) is 2.69. The number of hydrogen-bond acceptors (Lipinski definition) is 8. The van der Waals surface area contributed by atoms with Crippen LogP contribution < -0.4 is 9.47 Å². The lowest BCUT2D eigenvalue weighted by Crippen LogP contribution is -2.10. The summed E-state index contributed by atoms with van der Waals surface area (Å²) in [4.78, 5) is 22.3. The lowest BCUT2D eigenvalue weighted by molar-refractivity contribution is -0.133. The van der Waals surface area contributed by atoms with Crippen molar-refractivity contribution in [1.82, 2.24) is 14.9 Å². The summed E-state index contributed by atoms with van der Waals surface area (Å²) in [6.45, 7) is 0. The van der Waals surface area contributed by atoms with Gasteiger partial charge in [0.25, 0.3) is 0 Å². The topological polar surface area (TPSA) is 97.6 Å². The highest BCUT2D eigenvalue weighted by atomic mass is 16.5. The molecule has 3 aromatic rings. The van der Waals surface area contributed by atoms with E-state index < -0.39 is 5.97 Å². The molecule has 0 atom stereocenters. The molecule has 1 heterocycles. The molecule has 8 nitrogen and oxygen atoms in total. The van der Waals surface area contributed by atoms with E-state index in [1.54, 1.807) is 73.7 Å². The third kappa shape index (κ3) is 5.36. The van der Waals surface area contributed by atoms with Crippen molar-refractivity contribution >= 4 is 11.5 Å². The molecule has 0 amide bonds. The Morgan fingerprint density at radius 2 is 1.61 bits per heavy atom. The summed E-state index contributed by atoms with van der Waals surface area (Å²) < 4.78 is 16.6. The van der Waals surface area contributed by atoms with Crippen molar-refractivity contribution in [2.24, 2.45) is 0 Å². The van der Waals surface area contributed by atoms with E-state index in [1.807, 2.05) is 0 Å². The first kappa shape index (κ1) is 21.3. The summed E-state index contributed by atoms with van der Waals surface area (Å²) in [5.41, 5.74) is 1.25. The third-order valence-corrected chi connectivity index (χ3v) is 4.02. The van der Waals surface area contributed by atoms with Crippen molar-refractivity contribution in [2.45, 2.75) is 0 Å². The molecule has 0 aliphatic heterocycles. The maximum Gasteiger partial charge on any atom is 0.340 e. The number of nitrogens with zero attached hydrogens (tertiary/aromatic N) is 4. The molecule has 0 N–H and O–H groups in total. The molecule has 0 radical (unpaired) electrons. The zero-order chi connectivity index (χ0) is 22.2. The van der Waals surface area contributed by atoms with Crippen LogP contribution in [0.15, 0.2) is 67.1 Å². The fourth-order valence-electron chi connectivity index (χ4n) is 2.69. The Bertz CT molecular complexity index is 1150. The van der Waals surface area contributed by atoms with Crippen LogP contribution >= 0.6 is 0 Å². The van der Waals surface area contributed by atoms with Crippen molar-refractivity contribution in [3.05, 3.63) is 78.3 Å². The first-order valence-electron chi connectivity index (χ1n) is 9.24. The number of carbonyl (C=O) groups is 1. The van der Waals surface area contributed by atoms with Gasteiger partial charge in [0.15, 0.2) is 0 Å². The Kier molecular flexibility index (Phi) is 6.81. The molecule has 0 aliphatic carbocycles. The maximum absolute atomic E-state index is 12.3. The van der Waals surface area contributed by atoms with E-state index in [-0.39, 0.29) is 11.8 Å². The SMILES string of the molecule is COC(=O)/C(=C\N(C)C)c1ccccc1Oc1cc(Oc2ccccc2C#N)ncn1. The van der Waals surface area contributed by atoms with E-state index in [2.05, 4.69) is 16.0 Å². The monoisotopic (exact) mass is 416 g/mol. The molecule has 3 rings (SSSR count). The highest BCUT2D eigenvalue weighted by molar-refractivity contribution is 6.17. The minimum atomic E-state index is -0.496. The van der Waals surface area contributed by atoms with Crippen LogP contribution in [0.4, 0.5) is 0 Å². The van der Waals surface area contributed by atoms with Crippen molar-refractivity contribution in [1.29, 1.82) is 5.26 Å². The number of aromatic nitrogens is 2. The standard InChI is InChI=1S/C23H20N4O4/c1-27(2)14-18(23(28)29-3)17-9-5-7-11-20(17)31-22-12-21(25-15-26-22)30-19-10-6-4-8-16(19)13-24/h4-12,14-15H,1-3H3/b18-14-. The van der Waals surface area contributed by atoms with Crippen molar-refractivity contribution in [3.8, 4) is 29.3 Å². The normalized spacial score (nSPS) is 10.7. The van der Waals surface area contributed by atoms with Crippen LogP contribution in [0.3, 0.4) is 0 Å². The molecule has 1 aromatic heterocycles. The average Bonchev–Trinajstić information content (AvgIpc) is 2.78. The van der Waals surface area contributed by atoms with Gasteiger partial charge in [-0.2, -0.15) is 5.26 Å². The minimum Gasteiger partial charge on any atom is -0.465 e. The Hall–Kier alpha value is -4.38. The molecule has 0 bridgehead atoms. The number of ether oxygens (including phenoxy) is 3. The number of nitriles is 1. The molecule has 31 heavy (non-hydrogen) atoms. The summed E-state index contributed by atoms with van der Waals surface area (Å²) in [6.07, 6.45) is 2.94. The summed E-state index contributed by atoms with van der Waals surface area (Å²) in [5, 5.41) is 9.22. The van der Waals surface area contributed by atoms with Crippen molar-refractivity contribution in [3.63, 3.8) is 0 Å². The predicted octanol–water partition coefficient (Wildman–Crippen LogP) is 4.01. The van der Waals surface area contributed by atoms with Gasteiger partial charge in [0.1, 0.15) is 23.9 Å². The van der Waals surface area contributed by atoms with Gasteiger partial charge in [-0.1, -0.05) is 30.3 Å². The molecule has 2 aromatic carbocycles. The molecular formula is C23H20N4O4. The quantitative estimate of drug-likeness (QED) is 0.421. The smallest absolute Gasteiger partial charge is 0.340 e. The van der Waals surface area contributed by atoms with Gasteiger partial charge >= 0.3 is 5.97 Å². The molecule has 0 fully saturated rings. The molecule has 8 heteroatoms. The van der Waals surface area contributed by atoms with Gasteiger partial charge in [0.2, 0.25) is 11.8 Å². The largest absolute Gasteiger partial charge is 0.465 e. The lowest BCUT2D eigenvalue weighted by Gasteiger charge is -2.14.